The van der Waals surface area contributed by atoms with E-state index in [4.69, 9.17) is 9.47 Å². The van der Waals surface area contributed by atoms with Crippen molar-refractivity contribution in [2.75, 3.05) is 24.6 Å². The fourth-order valence-electron chi connectivity index (χ4n) is 3.95. The minimum atomic E-state index is -3.11. The number of carbonyl (C=O) groups is 1. The number of aromatic nitrogens is 3. The van der Waals surface area contributed by atoms with Crippen LogP contribution in [0.5, 0.6) is 11.6 Å². The molecule has 1 saturated heterocycles. The van der Waals surface area contributed by atoms with Gasteiger partial charge in [-0.05, 0) is 29.3 Å². The van der Waals surface area contributed by atoms with E-state index in [1.165, 1.54) is 0 Å². The molecule has 0 radical (unpaired) electrons. The average molecular weight is 501 g/mol. The SMILES string of the molecule is CC(C(=O)Cc1cccnc1)c1ccc(OC2CCN(c3ncnc(OCC(C)(F)F)c3F)C2)cc1. The first-order valence-electron chi connectivity index (χ1n) is 11.6. The molecular formula is C26H27F3N4O3. The Balaban J connectivity index is 1.33. The van der Waals surface area contributed by atoms with E-state index in [-0.39, 0.29) is 23.6 Å². The second-order valence-corrected chi connectivity index (χ2v) is 8.94. The lowest BCUT2D eigenvalue weighted by atomic mass is 9.93. The summed E-state index contributed by atoms with van der Waals surface area (Å²) in [4.78, 5) is 26.0. The van der Waals surface area contributed by atoms with Gasteiger partial charge in [-0.1, -0.05) is 25.1 Å². The number of rotatable bonds is 10. The van der Waals surface area contributed by atoms with E-state index in [9.17, 15) is 18.0 Å². The summed E-state index contributed by atoms with van der Waals surface area (Å²) in [5, 5.41) is 0. The number of ketones is 1. The standard InChI is InChI=1S/C26H27F3N4O3/c1-17(22(34)12-18-4-3-10-30-13-18)19-5-7-20(8-6-19)36-21-9-11-33(14-21)24-23(27)25(32-16-31-24)35-15-26(2,28)29/h3-8,10,13,16-17,21H,9,11-12,14-15H2,1-2H3. The molecule has 2 atom stereocenters. The molecule has 7 nitrogen and oxygen atoms in total. The Kier molecular flexibility index (Phi) is 7.71. The number of hydrogen-bond donors (Lipinski definition) is 0. The first-order chi connectivity index (χ1) is 17.2. The van der Waals surface area contributed by atoms with Crippen molar-refractivity contribution in [3.63, 3.8) is 0 Å². The molecule has 3 aromatic rings. The number of alkyl halides is 2. The zero-order valence-corrected chi connectivity index (χ0v) is 20.0. The molecular weight excluding hydrogens is 473 g/mol. The molecule has 4 rings (SSSR count). The lowest BCUT2D eigenvalue weighted by molar-refractivity contribution is -0.119. The summed E-state index contributed by atoms with van der Waals surface area (Å²) >= 11 is 0. The number of Topliss-reactive ketones (excluding diaryl/α,β-unsaturated/α-hetero) is 1. The van der Waals surface area contributed by atoms with Crippen molar-refractivity contribution in [1.29, 1.82) is 0 Å². The number of carbonyl (C=O) groups excluding carboxylic acids is 1. The average Bonchev–Trinajstić information content (AvgIpc) is 3.31. The fraction of sp³-hybridized carbons (Fsp3) is 0.385. The van der Waals surface area contributed by atoms with Crippen molar-refractivity contribution < 1.29 is 27.4 Å². The van der Waals surface area contributed by atoms with Crippen LogP contribution in [0.15, 0.2) is 55.1 Å². The maximum Gasteiger partial charge on any atom is 0.278 e. The molecule has 0 aliphatic carbocycles. The Morgan fingerprint density at radius 3 is 2.69 bits per heavy atom. The van der Waals surface area contributed by atoms with Crippen LogP contribution >= 0.6 is 0 Å². The summed E-state index contributed by atoms with van der Waals surface area (Å²) in [6, 6.07) is 11.0. The van der Waals surface area contributed by atoms with Crippen LogP contribution in [-0.4, -0.2) is 52.5 Å². The van der Waals surface area contributed by atoms with Gasteiger partial charge in [-0.2, -0.15) is 9.37 Å². The Morgan fingerprint density at radius 1 is 1.22 bits per heavy atom. The monoisotopic (exact) mass is 500 g/mol. The van der Waals surface area contributed by atoms with Crippen LogP contribution in [0.3, 0.4) is 0 Å². The third-order valence-electron chi connectivity index (χ3n) is 5.91. The maximum absolute atomic E-state index is 14.8. The lowest BCUT2D eigenvalue weighted by Gasteiger charge is -2.20. The van der Waals surface area contributed by atoms with Crippen molar-refractivity contribution in [3.05, 3.63) is 72.1 Å². The second kappa shape index (κ2) is 10.9. The Hall–Kier alpha value is -3.69. The molecule has 0 spiro atoms. The molecule has 0 N–H and O–H groups in total. The Bertz CT molecular complexity index is 1170. The molecule has 2 aromatic heterocycles. The lowest BCUT2D eigenvalue weighted by Crippen LogP contribution is -2.27. The number of anilines is 1. The van der Waals surface area contributed by atoms with Gasteiger partial charge in [0.25, 0.3) is 11.8 Å². The minimum absolute atomic E-state index is 0.0122. The van der Waals surface area contributed by atoms with Crippen molar-refractivity contribution >= 4 is 11.6 Å². The molecule has 3 heterocycles. The first kappa shape index (κ1) is 25.4. The maximum atomic E-state index is 14.8. The summed E-state index contributed by atoms with van der Waals surface area (Å²) in [6.07, 6.45) is 5.17. The van der Waals surface area contributed by atoms with Crippen LogP contribution in [0, 0.1) is 5.82 Å². The van der Waals surface area contributed by atoms with E-state index >= 15 is 0 Å². The predicted molar refractivity (Wildman–Crippen MR) is 127 cm³/mol. The minimum Gasteiger partial charge on any atom is -0.489 e. The van der Waals surface area contributed by atoms with E-state index in [2.05, 4.69) is 15.0 Å². The summed E-state index contributed by atoms with van der Waals surface area (Å²) in [5.41, 5.74) is 1.76. The van der Waals surface area contributed by atoms with Gasteiger partial charge in [-0.15, -0.1) is 0 Å². The van der Waals surface area contributed by atoms with Crippen molar-refractivity contribution in [2.45, 2.75) is 44.6 Å². The highest BCUT2D eigenvalue weighted by Crippen LogP contribution is 2.29. The van der Waals surface area contributed by atoms with Crippen molar-refractivity contribution in [1.82, 2.24) is 15.0 Å². The number of benzene rings is 1. The van der Waals surface area contributed by atoms with E-state index in [0.29, 0.717) is 38.6 Å². The summed E-state index contributed by atoms with van der Waals surface area (Å²) in [6.45, 7) is 2.41. The van der Waals surface area contributed by atoms with Gasteiger partial charge in [0.1, 0.15) is 24.0 Å². The van der Waals surface area contributed by atoms with Gasteiger partial charge >= 0.3 is 0 Å². The van der Waals surface area contributed by atoms with E-state index < -0.39 is 24.2 Å². The highest BCUT2D eigenvalue weighted by molar-refractivity contribution is 5.87. The molecule has 0 saturated carbocycles. The molecule has 10 heteroatoms. The zero-order chi connectivity index (χ0) is 25.7. The number of halogens is 3. The van der Waals surface area contributed by atoms with Crippen molar-refractivity contribution in [2.24, 2.45) is 0 Å². The van der Waals surface area contributed by atoms with Gasteiger partial charge in [0.15, 0.2) is 12.4 Å². The summed E-state index contributed by atoms with van der Waals surface area (Å²) < 4.78 is 51.8. The highest BCUT2D eigenvalue weighted by Gasteiger charge is 2.30. The molecule has 1 fully saturated rings. The largest absolute Gasteiger partial charge is 0.489 e. The van der Waals surface area contributed by atoms with Crippen LogP contribution < -0.4 is 14.4 Å². The second-order valence-electron chi connectivity index (χ2n) is 8.94. The number of hydrogen-bond acceptors (Lipinski definition) is 7. The number of nitrogens with zero attached hydrogens (tertiary/aromatic N) is 4. The third kappa shape index (κ3) is 6.50. The van der Waals surface area contributed by atoms with Gasteiger partial charge in [-0.25, -0.2) is 13.8 Å². The topological polar surface area (TPSA) is 77.4 Å². The number of pyridine rings is 1. The van der Waals surface area contributed by atoms with Gasteiger partial charge in [-0.3, -0.25) is 9.78 Å². The molecule has 1 aliphatic rings. The van der Waals surface area contributed by atoms with E-state index in [1.807, 2.05) is 43.3 Å². The van der Waals surface area contributed by atoms with E-state index in [1.54, 1.807) is 17.3 Å². The van der Waals surface area contributed by atoms with Crippen LogP contribution in [0.25, 0.3) is 0 Å². The van der Waals surface area contributed by atoms with Gasteiger partial charge in [0.05, 0.1) is 6.54 Å². The van der Waals surface area contributed by atoms with Crippen LogP contribution in [-0.2, 0) is 11.2 Å². The number of ether oxygens (including phenoxy) is 2. The zero-order valence-electron chi connectivity index (χ0n) is 20.0. The quantitative estimate of drug-likeness (QED) is 0.402. The Morgan fingerprint density at radius 2 is 2.00 bits per heavy atom. The third-order valence-corrected chi connectivity index (χ3v) is 5.91. The van der Waals surface area contributed by atoms with Crippen molar-refractivity contribution in [3.8, 4) is 11.6 Å². The summed E-state index contributed by atoms with van der Waals surface area (Å²) in [5.74, 6) is -4.04. The van der Waals surface area contributed by atoms with Gasteiger partial charge in [0, 0.05) is 44.6 Å². The Labute approximate surface area is 207 Å². The molecule has 36 heavy (non-hydrogen) atoms. The van der Waals surface area contributed by atoms with Crippen LogP contribution in [0.2, 0.25) is 0 Å². The molecule has 1 aromatic carbocycles. The molecule has 190 valence electrons. The molecule has 0 amide bonds. The molecule has 1 aliphatic heterocycles. The summed E-state index contributed by atoms with van der Waals surface area (Å²) in [7, 11) is 0. The highest BCUT2D eigenvalue weighted by atomic mass is 19.3. The van der Waals surface area contributed by atoms with Crippen LogP contribution in [0.1, 0.15) is 37.3 Å². The molecule has 2 unspecified atom stereocenters. The van der Waals surface area contributed by atoms with Gasteiger partial charge < -0.3 is 14.4 Å². The smallest absolute Gasteiger partial charge is 0.278 e. The molecule has 0 bridgehead atoms. The normalized spacial score (nSPS) is 16.6. The first-order valence-corrected chi connectivity index (χ1v) is 11.6. The van der Waals surface area contributed by atoms with Gasteiger partial charge in [0.2, 0.25) is 5.82 Å². The predicted octanol–water partition coefficient (Wildman–Crippen LogP) is 4.62. The fourth-order valence-corrected chi connectivity index (χ4v) is 3.95. The van der Waals surface area contributed by atoms with E-state index in [0.717, 1.165) is 17.5 Å². The van der Waals surface area contributed by atoms with Crippen LogP contribution in [0.4, 0.5) is 19.0 Å².